The Balaban J connectivity index is 2.07. The molecule has 1 aliphatic rings. The van der Waals surface area contributed by atoms with Crippen molar-refractivity contribution in [1.82, 2.24) is 10.6 Å². The van der Waals surface area contributed by atoms with Gasteiger partial charge in [-0.05, 0) is 58.2 Å². The van der Waals surface area contributed by atoms with E-state index >= 15 is 0 Å². The van der Waals surface area contributed by atoms with Crippen LogP contribution in [0.5, 0.6) is 0 Å². The Kier molecular flexibility index (Phi) is 6.69. The molecule has 1 fully saturated rings. The van der Waals surface area contributed by atoms with Gasteiger partial charge in [0.15, 0.2) is 0 Å². The predicted molar refractivity (Wildman–Crippen MR) is 105 cm³/mol. The summed E-state index contributed by atoms with van der Waals surface area (Å²) in [6.07, 6.45) is 2.30. The molecule has 0 heterocycles. The van der Waals surface area contributed by atoms with E-state index in [-0.39, 0.29) is 11.9 Å². The molecule has 7 nitrogen and oxygen atoms in total. The number of esters is 1. The van der Waals surface area contributed by atoms with Gasteiger partial charge >= 0.3 is 12.1 Å². The summed E-state index contributed by atoms with van der Waals surface area (Å²) in [5.41, 5.74) is -0.285. The molecule has 1 atom stereocenters. The lowest BCUT2D eigenvalue weighted by Gasteiger charge is -2.31. The second-order valence-electron chi connectivity index (χ2n) is 8.22. The fourth-order valence-electron chi connectivity index (χ4n) is 3.33. The third-order valence-electron chi connectivity index (χ3n) is 4.81. The number of ether oxygens (including phenoxy) is 2. The number of rotatable bonds is 5. The maximum atomic E-state index is 13.0. The van der Waals surface area contributed by atoms with Crippen molar-refractivity contribution in [2.75, 3.05) is 7.11 Å². The van der Waals surface area contributed by atoms with Crippen LogP contribution in [0.15, 0.2) is 24.3 Å². The van der Waals surface area contributed by atoms with Gasteiger partial charge in [-0.3, -0.25) is 4.79 Å². The number of nitrogens with one attached hydrogen (secondary N) is 2. The van der Waals surface area contributed by atoms with E-state index in [1.165, 1.54) is 7.11 Å². The first-order chi connectivity index (χ1) is 13.1. The summed E-state index contributed by atoms with van der Waals surface area (Å²) in [5.74, 6) is -0.630. The molecule has 28 heavy (non-hydrogen) atoms. The van der Waals surface area contributed by atoms with Gasteiger partial charge in [0.05, 0.1) is 18.7 Å². The minimum atomic E-state index is -0.956. The molecule has 0 aliphatic heterocycles. The van der Waals surface area contributed by atoms with Gasteiger partial charge in [-0.15, -0.1) is 0 Å². The minimum Gasteiger partial charge on any atom is -0.465 e. The van der Waals surface area contributed by atoms with Crippen molar-refractivity contribution in [3.8, 4) is 0 Å². The van der Waals surface area contributed by atoms with E-state index in [2.05, 4.69) is 10.6 Å². The topological polar surface area (TPSA) is 93.7 Å². The first-order valence-corrected chi connectivity index (χ1v) is 9.57. The van der Waals surface area contributed by atoms with Gasteiger partial charge in [0.2, 0.25) is 5.91 Å². The Hall–Kier alpha value is -2.57. The molecule has 0 unspecified atom stereocenters. The van der Waals surface area contributed by atoms with Gasteiger partial charge in [-0.1, -0.05) is 25.0 Å². The lowest BCUT2D eigenvalue weighted by atomic mass is 9.95. The summed E-state index contributed by atoms with van der Waals surface area (Å²) in [5, 5.41) is 5.79. The van der Waals surface area contributed by atoms with Crippen molar-refractivity contribution >= 4 is 18.0 Å². The highest BCUT2D eigenvalue weighted by atomic mass is 16.6. The predicted octanol–water partition coefficient (Wildman–Crippen LogP) is 3.49. The number of methoxy groups -OCH3 is 1. The van der Waals surface area contributed by atoms with Gasteiger partial charge < -0.3 is 20.1 Å². The molecule has 0 aromatic heterocycles. The third kappa shape index (κ3) is 5.47. The molecule has 2 rings (SSSR count). The highest BCUT2D eigenvalue weighted by Crippen LogP contribution is 2.31. The summed E-state index contributed by atoms with van der Waals surface area (Å²) in [6.45, 7) is 7.22. The first kappa shape index (κ1) is 21.7. The summed E-state index contributed by atoms with van der Waals surface area (Å²) >= 11 is 0. The summed E-state index contributed by atoms with van der Waals surface area (Å²) in [6, 6.07) is 6.60. The average Bonchev–Trinajstić information content (AvgIpc) is 3.09. The third-order valence-corrected chi connectivity index (χ3v) is 4.81. The first-order valence-electron chi connectivity index (χ1n) is 9.57. The second-order valence-corrected chi connectivity index (χ2v) is 8.22. The van der Waals surface area contributed by atoms with Crippen LogP contribution in [0.3, 0.4) is 0 Å². The monoisotopic (exact) mass is 390 g/mol. The van der Waals surface area contributed by atoms with Crippen LogP contribution in [-0.2, 0) is 14.3 Å². The molecule has 0 saturated heterocycles. The number of hydrogen-bond donors (Lipinski definition) is 2. The standard InChI is InChI=1S/C21H30N2O5/c1-14(15-8-10-16(11-9-15)17(24)27-5)22-18(25)21(12-6-7-13-21)23-19(26)28-20(2,3)4/h8-11,14H,6-7,12-13H2,1-5H3,(H,22,25)(H,23,26)/t14-/m0/s1. The average molecular weight is 390 g/mol. The van der Waals surface area contributed by atoms with E-state index < -0.39 is 23.2 Å². The number of alkyl carbamates (subject to hydrolysis) is 1. The van der Waals surface area contributed by atoms with Crippen LogP contribution in [0.4, 0.5) is 4.79 Å². The van der Waals surface area contributed by atoms with Crippen molar-refractivity contribution in [3.63, 3.8) is 0 Å². The molecule has 154 valence electrons. The Morgan fingerprint density at radius 1 is 1.07 bits per heavy atom. The molecule has 1 aromatic rings. The van der Waals surface area contributed by atoms with E-state index in [9.17, 15) is 14.4 Å². The van der Waals surface area contributed by atoms with Gasteiger partial charge in [-0.2, -0.15) is 0 Å². The Labute approximate surface area is 166 Å². The summed E-state index contributed by atoms with van der Waals surface area (Å²) in [7, 11) is 1.33. The van der Waals surface area contributed by atoms with Gasteiger partial charge in [0.1, 0.15) is 11.1 Å². The van der Waals surface area contributed by atoms with E-state index in [0.29, 0.717) is 18.4 Å². The molecule has 0 spiro atoms. The highest BCUT2D eigenvalue weighted by Gasteiger charge is 2.43. The SMILES string of the molecule is COC(=O)c1ccc([C@H](C)NC(=O)C2(NC(=O)OC(C)(C)C)CCCC2)cc1. The minimum absolute atomic E-state index is 0.222. The number of benzene rings is 1. The molecule has 0 radical (unpaired) electrons. The molecular weight excluding hydrogens is 360 g/mol. The zero-order chi connectivity index (χ0) is 20.9. The quantitative estimate of drug-likeness (QED) is 0.751. The Morgan fingerprint density at radius 3 is 2.14 bits per heavy atom. The molecule has 7 heteroatoms. The molecule has 0 bridgehead atoms. The van der Waals surface area contributed by atoms with E-state index in [0.717, 1.165) is 18.4 Å². The lowest BCUT2D eigenvalue weighted by molar-refractivity contribution is -0.128. The lowest BCUT2D eigenvalue weighted by Crippen LogP contribution is -2.58. The second kappa shape index (κ2) is 8.63. The van der Waals surface area contributed by atoms with Gasteiger partial charge in [0.25, 0.3) is 0 Å². The van der Waals surface area contributed by atoms with Crippen molar-refractivity contribution in [2.45, 2.75) is 70.6 Å². The zero-order valence-electron chi connectivity index (χ0n) is 17.3. The Morgan fingerprint density at radius 2 is 1.64 bits per heavy atom. The zero-order valence-corrected chi connectivity index (χ0v) is 17.3. The fraction of sp³-hybridized carbons (Fsp3) is 0.571. The van der Waals surface area contributed by atoms with Crippen LogP contribution in [0.1, 0.15) is 75.3 Å². The maximum absolute atomic E-state index is 13.0. The van der Waals surface area contributed by atoms with E-state index in [1.807, 2.05) is 6.92 Å². The summed E-state index contributed by atoms with van der Waals surface area (Å²) in [4.78, 5) is 36.8. The van der Waals surface area contributed by atoms with Crippen molar-refractivity contribution < 1.29 is 23.9 Å². The van der Waals surface area contributed by atoms with Crippen LogP contribution in [0.25, 0.3) is 0 Å². The van der Waals surface area contributed by atoms with Crippen molar-refractivity contribution in [3.05, 3.63) is 35.4 Å². The van der Waals surface area contributed by atoms with Crippen LogP contribution < -0.4 is 10.6 Å². The largest absolute Gasteiger partial charge is 0.465 e. The molecule has 2 N–H and O–H groups in total. The van der Waals surface area contributed by atoms with E-state index in [1.54, 1.807) is 45.0 Å². The van der Waals surface area contributed by atoms with Crippen LogP contribution in [0.2, 0.25) is 0 Å². The van der Waals surface area contributed by atoms with Crippen LogP contribution >= 0.6 is 0 Å². The normalized spacial score (nSPS) is 16.8. The smallest absolute Gasteiger partial charge is 0.408 e. The number of carbonyl (C=O) groups excluding carboxylic acids is 3. The van der Waals surface area contributed by atoms with Crippen molar-refractivity contribution in [2.24, 2.45) is 0 Å². The Bertz CT molecular complexity index is 715. The number of amides is 2. The highest BCUT2D eigenvalue weighted by molar-refractivity contribution is 5.91. The number of carbonyl (C=O) groups is 3. The van der Waals surface area contributed by atoms with Crippen LogP contribution in [0, 0.1) is 0 Å². The molecule has 1 aliphatic carbocycles. The number of hydrogen-bond acceptors (Lipinski definition) is 5. The molecule has 1 aromatic carbocycles. The molecular formula is C21H30N2O5. The van der Waals surface area contributed by atoms with E-state index in [4.69, 9.17) is 9.47 Å². The summed E-state index contributed by atoms with van der Waals surface area (Å²) < 4.78 is 10.0. The van der Waals surface area contributed by atoms with Gasteiger partial charge in [0, 0.05) is 0 Å². The molecule has 2 amide bonds. The van der Waals surface area contributed by atoms with Crippen LogP contribution in [-0.4, -0.2) is 36.2 Å². The van der Waals surface area contributed by atoms with Crippen molar-refractivity contribution in [1.29, 1.82) is 0 Å². The van der Waals surface area contributed by atoms with Gasteiger partial charge in [-0.25, -0.2) is 9.59 Å². The fourth-order valence-corrected chi connectivity index (χ4v) is 3.33. The maximum Gasteiger partial charge on any atom is 0.408 e. The molecule has 1 saturated carbocycles.